The fourth-order valence-corrected chi connectivity index (χ4v) is 3.68. The lowest BCUT2D eigenvalue weighted by Crippen LogP contribution is -2.41. The second-order valence-corrected chi connectivity index (χ2v) is 6.98. The first-order valence-corrected chi connectivity index (χ1v) is 7.32. The van der Waals surface area contributed by atoms with Gasteiger partial charge in [-0.1, -0.05) is 13.5 Å². The molecule has 0 aliphatic carbocycles. The minimum Gasteiger partial charge on any atom is -0.398 e. The van der Waals surface area contributed by atoms with Crippen molar-refractivity contribution in [2.24, 2.45) is 0 Å². The first-order chi connectivity index (χ1) is 7.14. The van der Waals surface area contributed by atoms with Crippen molar-refractivity contribution in [2.45, 2.75) is 25.4 Å². The van der Waals surface area contributed by atoms with Gasteiger partial charge in [-0.05, 0) is 24.6 Å². The van der Waals surface area contributed by atoms with Crippen LogP contribution in [0.25, 0.3) is 0 Å². The van der Waals surface area contributed by atoms with E-state index in [2.05, 4.69) is 6.58 Å². The van der Waals surface area contributed by atoms with Crippen molar-refractivity contribution in [1.82, 2.24) is 0 Å². The molecule has 0 rings (SSSR count). The molecule has 1 unspecified atom stereocenters. The van der Waals surface area contributed by atoms with Crippen LogP contribution in [0.2, 0.25) is 12.1 Å². The van der Waals surface area contributed by atoms with Gasteiger partial charge in [-0.3, -0.25) is 4.79 Å². The summed E-state index contributed by atoms with van der Waals surface area (Å²) in [4.78, 5) is 11.0. The van der Waals surface area contributed by atoms with E-state index in [9.17, 15) is 4.79 Å². The number of carbonyl (C=O) groups excluding carboxylic acids is 1. The summed E-state index contributed by atoms with van der Waals surface area (Å²) in [5.74, 6) is -0.138. The van der Waals surface area contributed by atoms with Gasteiger partial charge in [0.2, 0.25) is 0 Å². The summed E-state index contributed by atoms with van der Waals surface area (Å²) in [5.41, 5.74) is 0. The number of rotatable bonds is 9. The van der Waals surface area contributed by atoms with Gasteiger partial charge in [0.05, 0.1) is 6.61 Å². The molecule has 0 amide bonds. The van der Waals surface area contributed by atoms with Crippen molar-refractivity contribution < 1.29 is 18.8 Å². The van der Waals surface area contributed by atoms with E-state index in [0.717, 1.165) is 6.04 Å². The molecule has 0 fully saturated rings. The summed E-state index contributed by atoms with van der Waals surface area (Å²) < 4.78 is 11.0. The fraction of sp³-hybridized carbons (Fsp3) is 0.700. The molecule has 0 aromatic carbocycles. The molecule has 88 valence electrons. The number of carbonyl (C=O) groups is 1. The van der Waals surface area contributed by atoms with Gasteiger partial charge < -0.3 is 14.0 Å². The summed E-state index contributed by atoms with van der Waals surface area (Å²) in [7, 11) is -0.669. The maximum atomic E-state index is 11.0. The smallest absolute Gasteiger partial charge is 0.338 e. The van der Waals surface area contributed by atoms with Gasteiger partial charge in [-0.15, -0.1) is 0 Å². The number of aliphatic hydroxyl groups excluding tert-OH is 1. The van der Waals surface area contributed by atoms with Crippen LogP contribution in [0.1, 0.15) is 13.3 Å². The molecule has 4 nitrogen and oxygen atoms in total. The summed E-state index contributed by atoms with van der Waals surface area (Å²) in [6, 6.07) is 1.48. The Balaban J connectivity index is 4.22. The third kappa shape index (κ3) is 5.22. The lowest BCUT2D eigenvalue weighted by Gasteiger charge is -2.27. The zero-order valence-electron chi connectivity index (χ0n) is 9.49. The normalized spacial score (nSPS) is 14.6. The molecule has 0 aliphatic heterocycles. The summed E-state index contributed by atoms with van der Waals surface area (Å²) >= 11 is 0. The average molecular weight is 232 g/mol. The van der Waals surface area contributed by atoms with Crippen LogP contribution in [0.15, 0.2) is 12.7 Å². The van der Waals surface area contributed by atoms with Gasteiger partial charge >= 0.3 is 8.56 Å². The Kier molecular flexibility index (Phi) is 7.50. The molecule has 0 aromatic rings. The zero-order valence-corrected chi connectivity index (χ0v) is 10.5. The van der Waals surface area contributed by atoms with Gasteiger partial charge in [-0.2, -0.15) is 0 Å². The monoisotopic (exact) mass is 232 g/mol. The predicted octanol–water partition coefficient (Wildman–Crippen LogP) is 1.25. The molecule has 0 aromatic heterocycles. The molecule has 0 saturated heterocycles. The average Bonchev–Trinajstić information content (AvgIpc) is 2.30. The topological polar surface area (TPSA) is 55.8 Å². The second-order valence-electron chi connectivity index (χ2n) is 3.25. The highest BCUT2D eigenvalue weighted by Gasteiger charge is 2.34. The minimum atomic E-state index is -2.27. The molecule has 1 N–H and O–H groups in total. The molecule has 0 radical (unpaired) electrons. The van der Waals surface area contributed by atoms with Crippen LogP contribution in [0.4, 0.5) is 0 Å². The third-order valence-corrected chi connectivity index (χ3v) is 5.94. The maximum absolute atomic E-state index is 11.0. The van der Waals surface area contributed by atoms with Crippen LogP contribution in [0.5, 0.6) is 0 Å². The number of hydrogen-bond acceptors (Lipinski definition) is 4. The Labute approximate surface area is 92.1 Å². The lowest BCUT2D eigenvalue weighted by molar-refractivity contribution is -0.117. The lowest BCUT2D eigenvalue weighted by atomic mass is 10.4. The molecule has 5 heteroatoms. The number of aliphatic hydroxyl groups is 1. The Hall–Kier alpha value is -0.493. The van der Waals surface area contributed by atoms with Crippen LogP contribution in [-0.2, 0) is 13.6 Å². The molecule has 0 heterocycles. The Morgan fingerprint density at radius 3 is 2.67 bits per heavy atom. The molecule has 0 bridgehead atoms. The highest BCUT2D eigenvalue weighted by Crippen LogP contribution is 2.19. The van der Waals surface area contributed by atoms with Crippen LogP contribution in [-0.4, -0.2) is 39.8 Å². The van der Waals surface area contributed by atoms with E-state index in [1.165, 1.54) is 6.08 Å². The van der Waals surface area contributed by atoms with Crippen molar-refractivity contribution in [3.63, 3.8) is 0 Å². The first kappa shape index (κ1) is 14.5. The van der Waals surface area contributed by atoms with Crippen LogP contribution in [0.3, 0.4) is 0 Å². The van der Waals surface area contributed by atoms with Crippen molar-refractivity contribution in [3.05, 3.63) is 12.7 Å². The quantitative estimate of drug-likeness (QED) is 0.480. The number of hydrogen-bond donors (Lipinski definition) is 1. The standard InChI is InChI=1S/C10H20O4Si/c1-4-10(12)9-14-15(5-2,13-3)8-6-7-11/h4,11H,1,5-9H2,2-3H3. The summed E-state index contributed by atoms with van der Waals surface area (Å²) in [6.45, 7) is 5.51. The van der Waals surface area contributed by atoms with E-state index in [1.807, 2.05) is 6.92 Å². The molecule has 0 aliphatic rings. The Morgan fingerprint density at radius 1 is 1.60 bits per heavy atom. The van der Waals surface area contributed by atoms with E-state index >= 15 is 0 Å². The zero-order chi connectivity index (χ0) is 11.7. The molecular formula is C10H20O4Si. The number of ketones is 1. The van der Waals surface area contributed by atoms with Crippen LogP contribution < -0.4 is 0 Å². The largest absolute Gasteiger partial charge is 0.398 e. The summed E-state index contributed by atoms with van der Waals surface area (Å²) in [5, 5.41) is 8.77. The van der Waals surface area contributed by atoms with Gasteiger partial charge in [0.25, 0.3) is 0 Å². The van der Waals surface area contributed by atoms with E-state index in [-0.39, 0.29) is 19.0 Å². The molecule has 0 saturated carbocycles. The molecular weight excluding hydrogens is 212 g/mol. The van der Waals surface area contributed by atoms with E-state index in [0.29, 0.717) is 12.5 Å². The van der Waals surface area contributed by atoms with Crippen molar-refractivity contribution >= 4 is 14.3 Å². The first-order valence-electron chi connectivity index (χ1n) is 5.09. The van der Waals surface area contributed by atoms with Crippen molar-refractivity contribution in [3.8, 4) is 0 Å². The minimum absolute atomic E-state index is 0.0306. The van der Waals surface area contributed by atoms with Crippen molar-refractivity contribution in [2.75, 3.05) is 20.3 Å². The van der Waals surface area contributed by atoms with Gasteiger partial charge in [-0.25, -0.2) is 0 Å². The van der Waals surface area contributed by atoms with Gasteiger partial charge in [0.1, 0.15) is 0 Å². The van der Waals surface area contributed by atoms with Crippen LogP contribution in [0, 0.1) is 0 Å². The highest BCUT2D eigenvalue weighted by molar-refractivity contribution is 6.67. The van der Waals surface area contributed by atoms with Crippen molar-refractivity contribution in [1.29, 1.82) is 0 Å². The molecule has 0 spiro atoms. The summed E-state index contributed by atoms with van der Waals surface area (Å²) in [6.07, 6.45) is 1.90. The fourth-order valence-electron chi connectivity index (χ4n) is 1.27. The van der Waals surface area contributed by atoms with Gasteiger partial charge in [0, 0.05) is 13.7 Å². The van der Waals surface area contributed by atoms with E-state index in [1.54, 1.807) is 7.11 Å². The predicted molar refractivity (Wildman–Crippen MR) is 60.9 cm³/mol. The van der Waals surface area contributed by atoms with Gasteiger partial charge in [0.15, 0.2) is 5.78 Å². The van der Waals surface area contributed by atoms with Crippen LogP contribution >= 0.6 is 0 Å². The second kappa shape index (κ2) is 7.75. The van der Waals surface area contributed by atoms with E-state index in [4.69, 9.17) is 14.0 Å². The SMILES string of the molecule is C=CC(=O)CO[Si](CC)(CCCO)OC. The Bertz CT molecular complexity index is 202. The molecule has 15 heavy (non-hydrogen) atoms. The maximum Gasteiger partial charge on any atom is 0.338 e. The highest BCUT2D eigenvalue weighted by atomic mass is 28.4. The third-order valence-electron chi connectivity index (χ3n) is 2.33. The molecule has 1 atom stereocenters. The van der Waals surface area contributed by atoms with E-state index < -0.39 is 8.56 Å². The Morgan fingerprint density at radius 2 is 2.27 bits per heavy atom.